The second-order valence-corrected chi connectivity index (χ2v) is 7.65. The largest absolute Gasteiger partial charge is 0.366 e. The average Bonchev–Trinajstić information content (AvgIpc) is 3.05. The standard InChI is InChI=1S/C19H24N4O2S/c1-12(23-9-3-2-4-10-23)13-5-7-14(8-6-13)16-11-15(17(20)24)18(26-16)22-19(21)25/h5-8,11-12H,2-4,9-10H2,1H3,(H2,20,24)(H3,21,22,25). The topological polar surface area (TPSA) is 101 Å². The number of rotatable bonds is 5. The van der Waals surface area contributed by atoms with Crippen molar-refractivity contribution in [2.75, 3.05) is 18.4 Å². The average molecular weight is 372 g/mol. The van der Waals surface area contributed by atoms with Gasteiger partial charge in [-0.1, -0.05) is 30.7 Å². The van der Waals surface area contributed by atoms with Crippen molar-refractivity contribution in [1.82, 2.24) is 4.90 Å². The van der Waals surface area contributed by atoms with Crippen LogP contribution in [0, 0.1) is 0 Å². The van der Waals surface area contributed by atoms with E-state index in [4.69, 9.17) is 11.5 Å². The number of primary amides is 2. The van der Waals surface area contributed by atoms with Crippen molar-refractivity contribution < 1.29 is 9.59 Å². The lowest BCUT2D eigenvalue weighted by Gasteiger charge is -2.32. The molecule has 1 unspecified atom stereocenters. The Labute approximate surface area is 157 Å². The zero-order valence-electron chi connectivity index (χ0n) is 14.8. The molecule has 26 heavy (non-hydrogen) atoms. The number of nitrogens with one attached hydrogen (secondary N) is 1. The Hall–Kier alpha value is -2.38. The summed E-state index contributed by atoms with van der Waals surface area (Å²) in [6.45, 7) is 4.54. The number of carbonyl (C=O) groups excluding carboxylic acids is 2. The van der Waals surface area contributed by atoms with Crippen molar-refractivity contribution in [1.29, 1.82) is 0 Å². The first-order valence-electron chi connectivity index (χ1n) is 8.80. The van der Waals surface area contributed by atoms with E-state index in [1.165, 1.54) is 36.2 Å². The van der Waals surface area contributed by atoms with Crippen LogP contribution in [0.1, 0.15) is 48.1 Å². The van der Waals surface area contributed by atoms with Crippen molar-refractivity contribution in [3.05, 3.63) is 41.5 Å². The number of piperidine rings is 1. The summed E-state index contributed by atoms with van der Waals surface area (Å²) in [6.07, 6.45) is 3.86. The van der Waals surface area contributed by atoms with Gasteiger partial charge in [0.05, 0.1) is 5.56 Å². The number of hydrogen-bond donors (Lipinski definition) is 3. The van der Waals surface area contributed by atoms with Crippen LogP contribution in [0.4, 0.5) is 9.80 Å². The monoisotopic (exact) mass is 372 g/mol. The molecule has 1 aromatic heterocycles. The van der Waals surface area contributed by atoms with Gasteiger partial charge in [0.2, 0.25) is 0 Å². The number of anilines is 1. The maximum atomic E-state index is 11.6. The number of nitrogens with two attached hydrogens (primary N) is 2. The molecule has 7 heteroatoms. The summed E-state index contributed by atoms with van der Waals surface area (Å²) in [5.41, 5.74) is 13.1. The number of carbonyl (C=O) groups is 2. The van der Waals surface area contributed by atoms with Crippen molar-refractivity contribution in [2.24, 2.45) is 11.5 Å². The highest BCUT2D eigenvalue weighted by Gasteiger charge is 2.19. The molecule has 2 heterocycles. The molecule has 3 amide bonds. The predicted octanol–water partition coefficient (Wildman–Crippen LogP) is 3.55. The van der Waals surface area contributed by atoms with Gasteiger partial charge < -0.3 is 11.5 Å². The Morgan fingerprint density at radius 3 is 2.35 bits per heavy atom. The van der Waals surface area contributed by atoms with Crippen LogP contribution in [-0.2, 0) is 0 Å². The smallest absolute Gasteiger partial charge is 0.317 e. The maximum absolute atomic E-state index is 11.6. The molecule has 2 aromatic rings. The molecule has 0 aliphatic carbocycles. The molecule has 1 saturated heterocycles. The van der Waals surface area contributed by atoms with Gasteiger partial charge in [-0.15, -0.1) is 11.3 Å². The van der Waals surface area contributed by atoms with Crippen LogP contribution in [-0.4, -0.2) is 29.9 Å². The van der Waals surface area contributed by atoms with Crippen LogP contribution >= 0.6 is 11.3 Å². The minimum absolute atomic E-state index is 0.273. The minimum atomic E-state index is -0.716. The highest BCUT2D eigenvalue weighted by Crippen LogP contribution is 2.36. The minimum Gasteiger partial charge on any atom is -0.366 e. The van der Waals surface area contributed by atoms with Crippen LogP contribution in [0.15, 0.2) is 30.3 Å². The van der Waals surface area contributed by atoms with E-state index in [9.17, 15) is 9.59 Å². The molecular weight excluding hydrogens is 348 g/mol. The summed E-state index contributed by atoms with van der Waals surface area (Å²) in [5, 5.41) is 2.85. The number of amides is 3. The lowest BCUT2D eigenvalue weighted by atomic mass is 10.0. The summed E-state index contributed by atoms with van der Waals surface area (Å²) in [7, 11) is 0. The third kappa shape index (κ3) is 4.05. The molecule has 6 nitrogen and oxygen atoms in total. The van der Waals surface area contributed by atoms with E-state index >= 15 is 0 Å². The molecule has 0 spiro atoms. The molecule has 1 atom stereocenters. The number of likely N-dealkylation sites (tertiary alicyclic amines) is 1. The van der Waals surface area contributed by atoms with E-state index in [0.717, 1.165) is 23.5 Å². The molecular formula is C19H24N4O2S. The van der Waals surface area contributed by atoms with Crippen LogP contribution in [0.3, 0.4) is 0 Å². The summed E-state index contributed by atoms with van der Waals surface area (Å²) in [5.74, 6) is -0.591. The van der Waals surface area contributed by atoms with E-state index in [1.807, 2.05) is 12.1 Å². The fourth-order valence-corrected chi connectivity index (χ4v) is 4.44. The molecule has 1 aliphatic rings. The molecule has 3 rings (SSSR count). The van der Waals surface area contributed by atoms with Gasteiger partial charge in [-0.3, -0.25) is 15.0 Å². The summed E-state index contributed by atoms with van der Waals surface area (Å²) < 4.78 is 0. The normalized spacial score (nSPS) is 16.2. The first-order valence-corrected chi connectivity index (χ1v) is 9.62. The second-order valence-electron chi connectivity index (χ2n) is 6.60. The molecule has 138 valence electrons. The third-order valence-electron chi connectivity index (χ3n) is 4.85. The Kier molecular flexibility index (Phi) is 5.58. The van der Waals surface area contributed by atoms with Crippen molar-refractivity contribution >= 4 is 28.3 Å². The Balaban J connectivity index is 1.81. The van der Waals surface area contributed by atoms with Crippen molar-refractivity contribution in [3.63, 3.8) is 0 Å². The quantitative estimate of drug-likeness (QED) is 0.748. The third-order valence-corrected chi connectivity index (χ3v) is 5.95. The summed E-state index contributed by atoms with van der Waals surface area (Å²) in [4.78, 5) is 26.1. The molecule has 0 saturated carbocycles. The first-order chi connectivity index (χ1) is 12.5. The fraction of sp³-hybridized carbons (Fsp3) is 0.368. The Morgan fingerprint density at radius 1 is 1.12 bits per heavy atom. The van der Waals surface area contributed by atoms with Gasteiger partial charge in [-0.2, -0.15) is 0 Å². The van der Waals surface area contributed by atoms with Crippen LogP contribution < -0.4 is 16.8 Å². The number of nitrogens with zero attached hydrogens (tertiary/aromatic N) is 1. The van der Waals surface area contributed by atoms with E-state index in [1.54, 1.807) is 6.07 Å². The SMILES string of the molecule is CC(c1ccc(-c2cc(C(N)=O)c(NC(N)=O)s2)cc1)N1CCCCC1. The lowest BCUT2D eigenvalue weighted by Crippen LogP contribution is -2.32. The van der Waals surface area contributed by atoms with Crippen LogP contribution in [0.25, 0.3) is 10.4 Å². The van der Waals surface area contributed by atoms with Gasteiger partial charge in [-0.05, 0) is 50.0 Å². The van der Waals surface area contributed by atoms with Gasteiger partial charge >= 0.3 is 6.03 Å². The van der Waals surface area contributed by atoms with E-state index < -0.39 is 11.9 Å². The first kappa shape index (κ1) is 18.4. The van der Waals surface area contributed by atoms with Crippen molar-refractivity contribution in [2.45, 2.75) is 32.2 Å². The van der Waals surface area contributed by atoms with Crippen LogP contribution in [0.5, 0.6) is 0 Å². The molecule has 1 aliphatic heterocycles. The molecule has 0 radical (unpaired) electrons. The fourth-order valence-electron chi connectivity index (χ4n) is 3.36. The van der Waals surface area contributed by atoms with E-state index in [2.05, 4.69) is 29.3 Å². The lowest BCUT2D eigenvalue weighted by molar-refractivity contribution is 0.100. The zero-order valence-corrected chi connectivity index (χ0v) is 15.6. The highest BCUT2D eigenvalue weighted by molar-refractivity contribution is 7.20. The van der Waals surface area contributed by atoms with Gasteiger partial charge in [0.15, 0.2) is 0 Å². The Bertz CT molecular complexity index is 794. The molecule has 1 aromatic carbocycles. The van der Waals surface area contributed by atoms with Crippen molar-refractivity contribution in [3.8, 4) is 10.4 Å². The van der Waals surface area contributed by atoms with Gasteiger partial charge in [0.25, 0.3) is 5.91 Å². The predicted molar refractivity (Wildman–Crippen MR) is 105 cm³/mol. The molecule has 0 bridgehead atoms. The molecule has 5 N–H and O–H groups in total. The summed E-state index contributed by atoms with van der Waals surface area (Å²) in [6, 6.07) is 9.70. The van der Waals surface area contributed by atoms with E-state index in [-0.39, 0.29) is 5.56 Å². The summed E-state index contributed by atoms with van der Waals surface area (Å²) >= 11 is 1.29. The number of urea groups is 1. The van der Waals surface area contributed by atoms with Gasteiger partial charge in [0.1, 0.15) is 5.00 Å². The number of benzene rings is 1. The maximum Gasteiger partial charge on any atom is 0.317 e. The van der Waals surface area contributed by atoms with Gasteiger partial charge in [0, 0.05) is 10.9 Å². The number of hydrogen-bond acceptors (Lipinski definition) is 4. The van der Waals surface area contributed by atoms with E-state index in [0.29, 0.717) is 11.0 Å². The second kappa shape index (κ2) is 7.88. The zero-order chi connectivity index (χ0) is 18.7. The van der Waals surface area contributed by atoms with Crippen LogP contribution in [0.2, 0.25) is 0 Å². The molecule has 1 fully saturated rings. The number of thiophene rings is 1. The Morgan fingerprint density at radius 2 is 1.77 bits per heavy atom. The highest BCUT2D eigenvalue weighted by atomic mass is 32.1. The van der Waals surface area contributed by atoms with Gasteiger partial charge in [-0.25, -0.2) is 4.79 Å².